The minimum Gasteiger partial charge on any atom is -0.323 e. The molecule has 0 saturated carbocycles. The number of aryl methyl sites for hydroxylation is 2. The fourth-order valence-corrected chi connectivity index (χ4v) is 1.42. The molecule has 1 heteroatoms. The van der Waals surface area contributed by atoms with Crippen LogP contribution in [0.2, 0.25) is 0 Å². The Morgan fingerprint density at radius 2 is 2.09 bits per heavy atom. The third-order valence-electron chi connectivity index (χ3n) is 1.98. The molecule has 0 amide bonds. The maximum Gasteiger partial charge on any atom is 0.0481 e. The van der Waals surface area contributed by atoms with Gasteiger partial charge in [-0.05, 0) is 37.1 Å². The second-order valence-corrected chi connectivity index (χ2v) is 3.00. The zero-order valence-electron chi connectivity index (χ0n) is 6.83. The molecule has 11 heavy (non-hydrogen) atoms. The summed E-state index contributed by atoms with van der Waals surface area (Å²) in [5.41, 5.74) is 3.96. The molecule has 2 aromatic heterocycles. The highest BCUT2D eigenvalue weighted by molar-refractivity contribution is 5.56. The predicted octanol–water partition coefficient (Wildman–Crippen LogP) is 2.56. The average Bonchev–Trinajstić information content (AvgIpc) is 2.31. The third-order valence-corrected chi connectivity index (χ3v) is 1.98. The normalized spacial score (nSPS) is 10.7. The van der Waals surface area contributed by atoms with E-state index in [1.807, 2.05) is 0 Å². The molecule has 56 valence electrons. The average molecular weight is 145 g/mol. The fourth-order valence-electron chi connectivity index (χ4n) is 1.42. The summed E-state index contributed by atoms with van der Waals surface area (Å²) in [5, 5.41) is 0. The van der Waals surface area contributed by atoms with Crippen molar-refractivity contribution in [2.75, 3.05) is 0 Å². The summed E-state index contributed by atoms with van der Waals surface area (Å²) in [6, 6.07) is 6.41. The quantitative estimate of drug-likeness (QED) is 0.536. The van der Waals surface area contributed by atoms with E-state index in [0.717, 1.165) is 0 Å². The van der Waals surface area contributed by atoms with Crippen molar-refractivity contribution in [2.45, 2.75) is 13.8 Å². The number of hydrogen-bond acceptors (Lipinski definition) is 0. The van der Waals surface area contributed by atoms with Gasteiger partial charge in [0.25, 0.3) is 0 Å². The molecule has 0 aromatic carbocycles. The molecule has 0 aliphatic heterocycles. The van der Waals surface area contributed by atoms with Gasteiger partial charge in [-0.15, -0.1) is 0 Å². The fraction of sp³-hybridized carbons (Fsp3) is 0.200. The van der Waals surface area contributed by atoms with Gasteiger partial charge in [0.05, 0.1) is 0 Å². The van der Waals surface area contributed by atoms with Gasteiger partial charge in [0, 0.05) is 17.9 Å². The van der Waals surface area contributed by atoms with E-state index >= 15 is 0 Å². The zero-order valence-corrected chi connectivity index (χ0v) is 6.83. The van der Waals surface area contributed by atoms with Gasteiger partial charge >= 0.3 is 0 Å². The van der Waals surface area contributed by atoms with E-state index < -0.39 is 0 Å². The lowest BCUT2D eigenvalue weighted by atomic mass is 10.2. The summed E-state index contributed by atoms with van der Waals surface area (Å²) < 4.78 is 2.16. The maximum atomic E-state index is 2.20. The zero-order chi connectivity index (χ0) is 7.84. The monoisotopic (exact) mass is 145 g/mol. The van der Waals surface area contributed by atoms with Crippen LogP contribution in [0.15, 0.2) is 30.6 Å². The van der Waals surface area contributed by atoms with Gasteiger partial charge in [0.15, 0.2) is 0 Å². The molecule has 0 aliphatic rings. The SMILES string of the molecule is Cc1cc2c(C)cccn2c1. The first-order valence-corrected chi connectivity index (χ1v) is 3.81. The molecule has 0 aliphatic carbocycles. The molecule has 0 fully saturated rings. The lowest BCUT2D eigenvalue weighted by Crippen LogP contribution is -1.81. The molecule has 0 N–H and O–H groups in total. The molecule has 0 saturated heterocycles. The van der Waals surface area contributed by atoms with Gasteiger partial charge in [-0.2, -0.15) is 0 Å². The molecule has 2 aromatic rings. The van der Waals surface area contributed by atoms with Crippen LogP contribution in [0.4, 0.5) is 0 Å². The second-order valence-electron chi connectivity index (χ2n) is 3.00. The van der Waals surface area contributed by atoms with Crippen molar-refractivity contribution in [3.63, 3.8) is 0 Å². The highest BCUT2D eigenvalue weighted by Crippen LogP contribution is 2.12. The van der Waals surface area contributed by atoms with Crippen LogP contribution < -0.4 is 0 Å². The number of hydrogen-bond donors (Lipinski definition) is 0. The molecule has 0 spiro atoms. The molecule has 0 radical (unpaired) electrons. The highest BCUT2D eigenvalue weighted by Gasteiger charge is 1.96. The second kappa shape index (κ2) is 2.12. The van der Waals surface area contributed by atoms with Crippen molar-refractivity contribution in [2.24, 2.45) is 0 Å². The van der Waals surface area contributed by atoms with Gasteiger partial charge < -0.3 is 4.40 Å². The van der Waals surface area contributed by atoms with Gasteiger partial charge in [0.2, 0.25) is 0 Å². The van der Waals surface area contributed by atoms with Crippen LogP contribution in [0, 0.1) is 13.8 Å². The van der Waals surface area contributed by atoms with Crippen LogP contribution >= 0.6 is 0 Å². The van der Waals surface area contributed by atoms with Crippen LogP contribution in [-0.2, 0) is 0 Å². The van der Waals surface area contributed by atoms with Gasteiger partial charge in [-0.1, -0.05) is 6.07 Å². The Morgan fingerprint density at radius 3 is 2.82 bits per heavy atom. The lowest BCUT2D eigenvalue weighted by molar-refractivity contribution is 1.17. The van der Waals surface area contributed by atoms with Crippen LogP contribution in [0.1, 0.15) is 11.1 Å². The predicted molar refractivity (Wildman–Crippen MR) is 46.9 cm³/mol. The topological polar surface area (TPSA) is 4.41 Å². The first kappa shape index (κ1) is 6.47. The Bertz CT molecular complexity index is 385. The Morgan fingerprint density at radius 1 is 1.27 bits per heavy atom. The van der Waals surface area contributed by atoms with Crippen molar-refractivity contribution in [1.29, 1.82) is 0 Å². The summed E-state index contributed by atoms with van der Waals surface area (Å²) >= 11 is 0. The minimum atomic E-state index is 1.31. The number of pyridine rings is 1. The Labute approximate surface area is 66.3 Å². The number of rotatable bonds is 0. The number of fused-ring (bicyclic) bond motifs is 1. The van der Waals surface area contributed by atoms with Crippen molar-refractivity contribution in [3.05, 3.63) is 41.7 Å². The standard InChI is InChI=1S/C10H11N/c1-8-6-10-9(2)4-3-5-11(10)7-8/h3-7H,1-2H3. The molecule has 0 bridgehead atoms. The first-order chi connectivity index (χ1) is 5.27. The van der Waals surface area contributed by atoms with Crippen molar-refractivity contribution in [1.82, 2.24) is 4.40 Å². The summed E-state index contributed by atoms with van der Waals surface area (Å²) in [6.07, 6.45) is 4.22. The van der Waals surface area contributed by atoms with Gasteiger partial charge in [-0.3, -0.25) is 0 Å². The molecule has 0 unspecified atom stereocenters. The van der Waals surface area contributed by atoms with Crippen LogP contribution in [-0.4, -0.2) is 4.40 Å². The van der Waals surface area contributed by atoms with Crippen molar-refractivity contribution in [3.8, 4) is 0 Å². The smallest absolute Gasteiger partial charge is 0.0481 e. The highest BCUT2D eigenvalue weighted by atomic mass is 14.9. The van der Waals surface area contributed by atoms with E-state index in [1.165, 1.54) is 16.6 Å². The Hall–Kier alpha value is -1.24. The number of nitrogens with zero attached hydrogens (tertiary/aromatic N) is 1. The van der Waals surface area contributed by atoms with Crippen molar-refractivity contribution < 1.29 is 0 Å². The maximum absolute atomic E-state index is 2.20. The molecular formula is C10H11N. The van der Waals surface area contributed by atoms with Crippen LogP contribution in [0.3, 0.4) is 0 Å². The third kappa shape index (κ3) is 0.929. The van der Waals surface area contributed by atoms with E-state index in [9.17, 15) is 0 Å². The van der Waals surface area contributed by atoms with E-state index in [2.05, 4.69) is 48.8 Å². The van der Waals surface area contributed by atoms with E-state index in [4.69, 9.17) is 0 Å². The van der Waals surface area contributed by atoms with E-state index in [0.29, 0.717) is 0 Å². The number of aromatic nitrogens is 1. The van der Waals surface area contributed by atoms with Crippen molar-refractivity contribution >= 4 is 5.52 Å². The largest absolute Gasteiger partial charge is 0.323 e. The lowest BCUT2D eigenvalue weighted by Gasteiger charge is -1.95. The summed E-state index contributed by atoms with van der Waals surface area (Å²) in [5.74, 6) is 0. The van der Waals surface area contributed by atoms with Crippen LogP contribution in [0.5, 0.6) is 0 Å². The molecule has 1 nitrogen and oxygen atoms in total. The summed E-state index contributed by atoms with van der Waals surface area (Å²) in [4.78, 5) is 0. The minimum absolute atomic E-state index is 1.31. The van der Waals surface area contributed by atoms with E-state index in [1.54, 1.807) is 0 Å². The Kier molecular flexibility index (Phi) is 1.25. The molecule has 2 rings (SSSR count). The molecule has 2 heterocycles. The van der Waals surface area contributed by atoms with Crippen LogP contribution in [0.25, 0.3) is 5.52 Å². The first-order valence-electron chi connectivity index (χ1n) is 3.81. The molecule has 0 atom stereocenters. The molecular weight excluding hydrogens is 134 g/mol. The van der Waals surface area contributed by atoms with E-state index in [-0.39, 0.29) is 0 Å². The summed E-state index contributed by atoms with van der Waals surface area (Å²) in [6.45, 7) is 4.25. The van der Waals surface area contributed by atoms with Gasteiger partial charge in [-0.25, -0.2) is 0 Å². The summed E-state index contributed by atoms with van der Waals surface area (Å²) in [7, 11) is 0. The Balaban J connectivity index is 2.90. The van der Waals surface area contributed by atoms with Gasteiger partial charge in [0.1, 0.15) is 0 Å².